The van der Waals surface area contributed by atoms with Gasteiger partial charge in [-0.1, -0.05) is 18.2 Å². The highest BCUT2D eigenvalue weighted by Crippen LogP contribution is 2.34. The number of likely N-dealkylation sites (N-methyl/N-ethyl adjacent to an activating group) is 1. The smallest absolute Gasteiger partial charge is 0.239 e. The summed E-state index contributed by atoms with van der Waals surface area (Å²) in [6, 6.07) is 4.88. The predicted octanol–water partition coefficient (Wildman–Crippen LogP) is 2.19. The number of hydrogen-bond donors (Lipinski definition) is 1. The van der Waals surface area contributed by atoms with Gasteiger partial charge in [-0.25, -0.2) is 4.39 Å². The summed E-state index contributed by atoms with van der Waals surface area (Å²) in [5.74, 6) is -0.233. The van der Waals surface area contributed by atoms with E-state index >= 15 is 0 Å². The molecular weight excluding hydrogens is 243 g/mol. The summed E-state index contributed by atoms with van der Waals surface area (Å²) in [6.45, 7) is 6.27. The summed E-state index contributed by atoms with van der Waals surface area (Å²) >= 11 is 0. The summed E-state index contributed by atoms with van der Waals surface area (Å²) in [5.41, 5.74) is 7.22. The topological polar surface area (TPSA) is 46.3 Å². The largest absolute Gasteiger partial charge is 0.338 e. The third-order valence-electron chi connectivity index (χ3n) is 4.14. The number of piperidine rings is 1. The number of hydrogen-bond acceptors (Lipinski definition) is 2. The lowest BCUT2D eigenvalue weighted by Gasteiger charge is -2.41. The van der Waals surface area contributed by atoms with Crippen molar-refractivity contribution in [2.45, 2.75) is 45.2 Å². The van der Waals surface area contributed by atoms with Gasteiger partial charge in [0, 0.05) is 18.5 Å². The predicted molar refractivity (Wildman–Crippen MR) is 73.3 cm³/mol. The number of likely N-dealkylation sites (tertiary alicyclic amines) is 1. The van der Waals surface area contributed by atoms with E-state index in [0.717, 1.165) is 0 Å². The lowest BCUT2D eigenvalue weighted by molar-refractivity contribution is -0.138. The minimum Gasteiger partial charge on any atom is -0.338 e. The molecule has 2 rings (SSSR count). The standard InChI is InChI=1S/C15H21FN2O/c1-4-18-10(3)12(8-13(17)15(18)19)11-7-5-6-9(2)14(11)16/h5-7,10,12-13H,4,8,17H2,1-3H3/t10-,12-,13+/m1/s1. The van der Waals surface area contributed by atoms with Crippen molar-refractivity contribution in [1.82, 2.24) is 4.90 Å². The molecule has 3 nitrogen and oxygen atoms in total. The fourth-order valence-corrected chi connectivity index (χ4v) is 2.99. The molecule has 1 aliphatic rings. The number of carbonyl (C=O) groups excluding carboxylic acids is 1. The summed E-state index contributed by atoms with van der Waals surface area (Å²) < 4.78 is 14.3. The Morgan fingerprint density at radius 2 is 2.16 bits per heavy atom. The van der Waals surface area contributed by atoms with Crippen molar-refractivity contribution >= 4 is 5.91 Å². The van der Waals surface area contributed by atoms with E-state index in [4.69, 9.17) is 5.73 Å². The van der Waals surface area contributed by atoms with Crippen LogP contribution in [0.5, 0.6) is 0 Å². The molecule has 0 bridgehead atoms. The molecule has 1 amide bonds. The van der Waals surface area contributed by atoms with Crippen molar-refractivity contribution in [3.05, 3.63) is 35.1 Å². The Morgan fingerprint density at radius 3 is 2.79 bits per heavy atom. The fourth-order valence-electron chi connectivity index (χ4n) is 2.99. The highest BCUT2D eigenvalue weighted by Gasteiger charge is 2.38. The molecule has 1 aliphatic heterocycles. The van der Waals surface area contributed by atoms with Gasteiger partial charge in [-0.05, 0) is 38.3 Å². The van der Waals surface area contributed by atoms with E-state index in [1.165, 1.54) is 0 Å². The van der Waals surface area contributed by atoms with Crippen molar-refractivity contribution in [3.63, 3.8) is 0 Å². The van der Waals surface area contributed by atoms with Gasteiger partial charge in [0.05, 0.1) is 6.04 Å². The number of aryl methyl sites for hydroxylation is 1. The molecule has 1 aromatic rings. The van der Waals surface area contributed by atoms with Crippen LogP contribution in [0.2, 0.25) is 0 Å². The van der Waals surface area contributed by atoms with Crippen LogP contribution in [0.3, 0.4) is 0 Å². The van der Waals surface area contributed by atoms with Gasteiger partial charge in [0.15, 0.2) is 0 Å². The van der Waals surface area contributed by atoms with Crippen molar-refractivity contribution in [2.75, 3.05) is 6.54 Å². The van der Waals surface area contributed by atoms with Crippen LogP contribution in [0.1, 0.15) is 37.3 Å². The summed E-state index contributed by atoms with van der Waals surface area (Å²) in [5, 5.41) is 0. The Morgan fingerprint density at radius 1 is 1.47 bits per heavy atom. The molecule has 0 radical (unpaired) electrons. The van der Waals surface area contributed by atoms with E-state index in [1.807, 2.05) is 19.9 Å². The first-order valence-corrected chi connectivity index (χ1v) is 6.78. The molecule has 0 saturated carbocycles. The average molecular weight is 264 g/mol. The van der Waals surface area contributed by atoms with Crippen LogP contribution in [0, 0.1) is 12.7 Å². The number of halogens is 1. The Bertz CT molecular complexity index is 489. The Balaban J connectivity index is 2.39. The van der Waals surface area contributed by atoms with E-state index in [2.05, 4.69) is 0 Å². The van der Waals surface area contributed by atoms with E-state index in [1.54, 1.807) is 24.0 Å². The second-order valence-electron chi connectivity index (χ2n) is 5.29. The molecule has 0 spiro atoms. The first-order valence-electron chi connectivity index (χ1n) is 6.78. The van der Waals surface area contributed by atoms with Crippen LogP contribution in [-0.2, 0) is 4.79 Å². The number of amides is 1. The number of nitrogens with zero attached hydrogens (tertiary/aromatic N) is 1. The third-order valence-corrected chi connectivity index (χ3v) is 4.14. The lowest BCUT2D eigenvalue weighted by atomic mass is 9.81. The average Bonchev–Trinajstić information content (AvgIpc) is 2.38. The summed E-state index contributed by atoms with van der Waals surface area (Å²) in [6.07, 6.45) is 0.511. The van der Waals surface area contributed by atoms with E-state index in [-0.39, 0.29) is 23.7 Å². The number of rotatable bonds is 2. The fraction of sp³-hybridized carbons (Fsp3) is 0.533. The second-order valence-corrected chi connectivity index (χ2v) is 5.29. The van der Waals surface area contributed by atoms with Crippen LogP contribution >= 0.6 is 0 Å². The zero-order valence-electron chi connectivity index (χ0n) is 11.7. The SMILES string of the molecule is CCN1C(=O)[C@@H](N)C[C@@H](c2cccc(C)c2F)[C@H]1C. The van der Waals surface area contributed by atoms with Crippen LogP contribution in [0.4, 0.5) is 4.39 Å². The monoisotopic (exact) mass is 264 g/mol. The first kappa shape index (κ1) is 14.0. The second kappa shape index (κ2) is 5.29. The zero-order chi connectivity index (χ0) is 14.2. The minimum atomic E-state index is -0.527. The molecule has 1 saturated heterocycles. The molecule has 0 aromatic heterocycles. The van der Waals surface area contributed by atoms with Crippen molar-refractivity contribution in [3.8, 4) is 0 Å². The van der Waals surface area contributed by atoms with Crippen molar-refractivity contribution in [2.24, 2.45) is 5.73 Å². The van der Waals surface area contributed by atoms with E-state index in [9.17, 15) is 9.18 Å². The molecule has 0 aliphatic carbocycles. The van der Waals surface area contributed by atoms with Crippen LogP contribution in [-0.4, -0.2) is 29.4 Å². The lowest BCUT2D eigenvalue weighted by Crippen LogP contribution is -2.55. The van der Waals surface area contributed by atoms with Crippen LogP contribution in [0.15, 0.2) is 18.2 Å². The van der Waals surface area contributed by atoms with Crippen molar-refractivity contribution in [1.29, 1.82) is 0 Å². The number of nitrogens with two attached hydrogens (primary N) is 1. The number of carbonyl (C=O) groups is 1. The van der Waals surface area contributed by atoms with Gasteiger partial charge in [0.1, 0.15) is 5.82 Å². The van der Waals surface area contributed by atoms with Crippen molar-refractivity contribution < 1.29 is 9.18 Å². The van der Waals surface area contributed by atoms with E-state index < -0.39 is 6.04 Å². The minimum absolute atomic E-state index is 0.0198. The molecule has 4 heteroatoms. The zero-order valence-corrected chi connectivity index (χ0v) is 11.7. The molecule has 1 aromatic carbocycles. The highest BCUT2D eigenvalue weighted by atomic mass is 19.1. The maximum atomic E-state index is 14.3. The normalized spacial score (nSPS) is 27.7. The molecule has 19 heavy (non-hydrogen) atoms. The molecule has 3 atom stereocenters. The van der Waals surface area contributed by atoms with Gasteiger partial charge in [0.2, 0.25) is 5.91 Å². The molecule has 1 heterocycles. The number of benzene rings is 1. The van der Waals surface area contributed by atoms with Gasteiger partial charge >= 0.3 is 0 Å². The van der Waals surface area contributed by atoms with Crippen LogP contribution in [0.25, 0.3) is 0 Å². The quantitative estimate of drug-likeness (QED) is 0.890. The molecule has 2 N–H and O–H groups in total. The third kappa shape index (κ3) is 2.37. The van der Waals surface area contributed by atoms with Gasteiger partial charge in [-0.3, -0.25) is 4.79 Å². The Kier molecular flexibility index (Phi) is 3.90. The summed E-state index contributed by atoms with van der Waals surface area (Å²) in [4.78, 5) is 13.8. The molecule has 104 valence electrons. The highest BCUT2D eigenvalue weighted by molar-refractivity contribution is 5.83. The maximum Gasteiger partial charge on any atom is 0.239 e. The molecular formula is C15H21FN2O. The molecule has 0 unspecified atom stereocenters. The van der Waals surface area contributed by atoms with Crippen LogP contribution < -0.4 is 5.73 Å². The van der Waals surface area contributed by atoms with Gasteiger partial charge in [-0.2, -0.15) is 0 Å². The first-order chi connectivity index (χ1) is 8.97. The Labute approximate surface area is 113 Å². The van der Waals surface area contributed by atoms with E-state index in [0.29, 0.717) is 24.1 Å². The van der Waals surface area contributed by atoms with Gasteiger partial charge in [0.25, 0.3) is 0 Å². The van der Waals surface area contributed by atoms with Gasteiger partial charge < -0.3 is 10.6 Å². The van der Waals surface area contributed by atoms with Gasteiger partial charge in [-0.15, -0.1) is 0 Å². The maximum absolute atomic E-state index is 14.3. The molecule has 1 fully saturated rings. The summed E-state index contributed by atoms with van der Waals surface area (Å²) in [7, 11) is 0. The Hall–Kier alpha value is -1.42.